The van der Waals surface area contributed by atoms with Gasteiger partial charge in [-0.15, -0.1) is 0 Å². The van der Waals surface area contributed by atoms with E-state index in [1.165, 1.54) is 28.6 Å². The van der Waals surface area contributed by atoms with E-state index in [4.69, 9.17) is 4.74 Å². The summed E-state index contributed by atoms with van der Waals surface area (Å²) >= 11 is 0. The van der Waals surface area contributed by atoms with Crippen LogP contribution in [0.15, 0.2) is 47.4 Å². The molecule has 2 aromatic carbocycles. The number of sulfonamides is 1. The van der Waals surface area contributed by atoms with Gasteiger partial charge in [-0.25, -0.2) is 8.42 Å². The number of nitrogens with zero attached hydrogens (tertiary/aromatic N) is 1. The van der Waals surface area contributed by atoms with Gasteiger partial charge in [0.1, 0.15) is 5.75 Å². The number of benzene rings is 2. The number of ether oxygens (including phenoxy) is 1. The summed E-state index contributed by atoms with van der Waals surface area (Å²) < 4.78 is 32.4. The fourth-order valence-electron chi connectivity index (χ4n) is 3.20. The van der Waals surface area contributed by atoms with Crippen molar-refractivity contribution < 1.29 is 22.7 Å². The molecule has 0 unspecified atom stereocenters. The van der Waals surface area contributed by atoms with Gasteiger partial charge >= 0.3 is 0 Å². The summed E-state index contributed by atoms with van der Waals surface area (Å²) in [6, 6.07) is 11.8. The first-order chi connectivity index (χ1) is 15.7. The zero-order chi connectivity index (χ0) is 24.4. The van der Waals surface area contributed by atoms with Crippen LogP contribution >= 0.6 is 0 Å². The Balaban J connectivity index is 1.79. The van der Waals surface area contributed by atoms with Crippen LogP contribution in [0.25, 0.3) is 0 Å². The molecule has 0 atom stereocenters. The number of unbranched alkanes of at least 4 members (excludes halogenated alkanes) is 1. The van der Waals surface area contributed by atoms with Crippen LogP contribution in [0.5, 0.6) is 5.75 Å². The summed E-state index contributed by atoms with van der Waals surface area (Å²) in [5.74, 6) is -0.0721. The van der Waals surface area contributed by atoms with Crippen LogP contribution in [0.1, 0.15) is 54.6 Å². The first-order valence-corrected chi connectivity index (χ1v) is 12.5. The first-order valence-electron chi connectivity index (χ1n) is 11.1. The summed E-state index contributed by atoms with van der Waals surface area (Å²) in [6.45, 7) is 8.66. The predicted molar refractivity (Wildman–Crippen MR) is 127 cm³/mol. The van der Waals surface area contributed by atoms with Crippen molar-refractivity contribution in [1.29, 1.82) is 0 Å². The lowest BCUT2D eigenvalue weighted by Gasteiger charge is -2.18. The van der Waals surface area contributed by atoms with Gasteiger partial charge in [0.15, 0.2) is 0 Å². The Hall–Kier alpha value is -2.91. The Bertz CT molecular complexity index is 1070. The third kappa shape index (κ3) is 7.57. The van der Waals surface area contributed by atoms with Crippen LogP contribution in [0, 0.1) is 13.8 Å². The van der Waals surface area contributed by atoms with Gasteiger partial charge in [-0.2, -0.15) is 4.31 Å². The quantitative estimate of drug-likeness (QED) is 0.383. The minimum absolute atomic E-state index is 0.0361. The SMILES string of the molecule is CCN(CC)S(=O)(=O)c1cccc(C(=O)NNC(=O)CCCCOc2cc(C)ccc2C)c1. The van der Waals surface area contributed by atoms with Crippen molar-refractivity contribution >= 4 is 21.8 Å². The molecule has 0 radical (unpaired) electrons. The van der Waals surface area contributed by atoms with E-state index in [0.29, 0.717) is 32.5 Å². The van der Waals surface area contributed by atoms with Crippen LogP contribution in [0.4, 0.5) is 0 Å². The Morgan fingerprint density at radius 1 is 0.970 bits per heavy atom. The summed E-state index contributed by atoms with van der Waals surface area (Å²) in [5, 5.41) is 0. The molecule has 0 heterocycles. The largest absolute Gasteiger partial charge is 0.493 e. The number of carbonyl (C=O) groups is 2. The first kappa shape index (κ1) is 26.3. The second-order valence-electron chi connectivity index (χ2n) is 7.69. The number of hydrazine groups is 1. The van der Waals surface area contributed by atoms with Crippen molar-refractivity contribution in [2.45, 2.75) is 51.9 Å². The van der Waals surface area contributed by atoms with Gasteiger partial charge < -0.3 is 4.74 Å². The number of carbonyl (C=O) groups excluding carboxylic acids is 2. The second kappa shape index (κ2) is 12.4. The van der Waals surface area contributed by atoms with Gasteiger partial charge in [-0.3, -0.25) is 20.4 Å². The van der Waals surface area contributed by atoms with Gasteiger partial charge in [0.05, 0.1) is 11.5 Å². The molecule has 0 aliphatic rings. The molecule has 2 amide bonds. The van der Waals surface area contributed by atoms with Gasteiger partial charge in [0.2, 0.25) is 15.9 Å². The van der Waals surface area contributed by atoms with Crippen LogP contribution in [0.3, 0.4) is 0 Å². The lowest BCUT2D eigenvalue weighted by Crippen LogP contribution is -2.41. The van der Waals surface area contributed by atoms with E-state index in [0.717, 1.165) is 16.9 Å². The average Bonchev–Trinajstić information content (AvgIpc) is 2.80. The molecule has 2 aromatic rings. The monoisotopic (exact) mass is 475 g/mol. The van der Waals surface area contributed by atoms with E-state index in [9.17, 15) is 18.0 Å². The molecule has 33 heavy (non-hydrogen) atoms. The maximum Gasteiger partial charge on any atom is 0.269 e. The number of rotatable bonds is 11. The third-order valence-corrected chi connectivity index (χ3v) is 7.20. The number of hydrogen-bond acceptors (Lipinski definition) is 5. The van der Waals surface area contributed by atoms with Gasteiger partial charge in [0.25, 0.3) is 5.91 Å². The van der Waals surface area contributed by atoms with Crippen molar-refractivity contribution in [3.63, 3.8) is 0 Å². The van der Waals surface area contributed by atoms with Crippen molar-refractivity contribution in [2.75, 3.05) is 19.7 Å². The van der Waals surface area contributed by atoms with E-state index in [2.05, 4.69) is 10.9 Å². The molecule has 0 saturated heterocycles. The number of aryl methyl sites for hydroxylation is 2. The Labute approximate surface area is 196 Å². The fraction of sp³-hybridized carbons (Fsp3) is 0.417. The van der Waals surface area contributed by atoms with Gasteiger partial charge in [0, 0.05) is 25.1 Å². The number of nitrogens with one attached hydrogen (secondary N) is 2. The third-order valence-electron chi connectivity index (χ3n) is 5.15. The summed E-state index contributed by atoms with van der Waals surface area (Å²) in [4.78, 5) is 24.4. The molecular weight excluding hydrogens is 442 g/mol. The van der Waals surface area contributed by atoms with Crippen molar-refractivity contribution in [2.24, 2.45) is 0 Å². The second-order valence-corrected chi connectivity index (χ2v) is 9.63. The molecule has 0 bridgehead atoms. The highest BCUT2D eigenvalue weighted by molar-refractivity contribution is 7.89. The molecule has 0 aromatic heterocycles. The van der Waals surface area contributed by atoms with Crippen molar-refractivity contribution in [3.8, 4) is 5.75 Å². The molecule has 0 aliphatic heterocycles. The Morgan fingerprint density at radius 3 is 2.39 bits per heavy atom. The highest BCUT2D eigenvalue weighted by Gasteiger charge is 2.22. The fourth-order valence-corrected chi connectivity index (χ4v) is 4.71. The molecule has 0 fully saturated rings. The predicted octanol–water partition coefficient (Wildman–Crippen LogP) is 3.34. The minimum atomic E-state index is -3.68. The highest BCUT2D eigenvalue weighted by atomic mass is 32.2. The standard InChI is InChI=1S/C24H33N3O5S/c1-5-27(6-2)33(30,31)21-11-9-10-20(17-21)24(29)26-25-23(28)12-7-8-15-32-22-16-18(3)13-14-19(22)4/h9-11,13-14,16-17H,5-8,12,15H2,1-4H3,(H,25,28)(H,26,29). The van der Waals surface area contributed by atoms with Crippen molar-refractivity contribution in [3.05, 3.63) is 59.2 Å². The molecule has 0 aliphatic carbocycles. The van der Waals surface area contributed by atoms with Crippen LogP contribution in [0.2, 0.25) is 0 Å². The molecule has 0 spiro atoms. The van der Waals surface area contributed by atoms with Crippen LogP contribution < -0.4 is 15.6 Å². The van der Waals surface area contributed by atoms with Gasteiger partial charge in [-0.1, -0.05) is 32.0 Å². The molecule has 2 N–H and O–H groups in total. The normalized spacial score (nSPS) is 11.3. The lowest BCUT2D eigenvalue weighted by molar-refractivity contribution is -0.122. The molecule has 180 valence electrons. The van der Waals surface area contributed by atoms with E-state index in [1.807, 2.05) is 32.0 Å². The Morgan fingerprint density at radius 2 is 1.70 bits per heavy atom. The van der Waals surface area contributed by atoms with E-state index in [1.54, 1.807) is 13.8 Å². The van der Waals surface area contributed by atoms with Crippen LogP contribution in [-0.2, 0) is 14.8 Å². The molecule has 2 rings (SSSR count). The van der Waals surface area contributed by atoms with E-state index < -0.39 is 15.9 Å². The highest BCUT2D eigenvalue weighted by Crippen LogP contribution is 2.19. The molecule has 0 saturated carbocycles. The summed E-state index contributed by atoms with van der Waals surface area (Å²) in [6.07, 6.45) is 1.52. The number of amides is 2. The molecule has 9 heteroatoms. The number of hydrogen-bond donors (Lipinski definition) is 2. The van der Waals surface area contributed by atoms with Crippen molar-refractivity contribution in [1.82, 2.24) is 15.2 Å². The van der Waals surface area contributed by atoms with E-state index in [-0.39, 0.29) is 22.8 Å². The zero-order valence-corrected chi connectivity index (χ0v) is 20.5. The smallest absolute Gasteiger partial charge is 0.269 e. The maximum atomic E-state index is 12.6. The lowest BCUT2D eigenvalue weighted by atomic mass is 10.1. The van der Waals surface area contributed by atoms with Gasteiger partial charge in [-0.05, 0) is 62.1 Å². The zero-order valence-electron chi connectivity index (χ0n) is 19.7. The maximum absolute atomic E-state index is 12.6. The topological polar surface area (TPSA) is 105 Å². The van der Waals surface area contributed by atoms with Crippen LogP contribution in [-0.4, -0.2) is 44.2 Å². The Kier molecular flexibility index (Phi) is 9.87. The minimum Gasteiger partial charge on any atom is -0.493 e. The van der Waals surface area contributed by atoms with E-state index >= 15 is 0 Å². The summed E-state index contributed by atoms with van der Waals surface area (Å²) in [7, 11) is -3.68. The molecule has 8 nitrogen and oxygen atoms in total. The average molecular weight is 476 g/mol. The molecular formula is C24H33N3O5S. The summed E-state index contributed by atoms with van der Waals surface area (Å²) in [5.41, 5.74) is 7.04.